The van der Waals surface area contributed by atoms with Crippen LogP contribution in [0.4, 0.5) is 0 Å². The van der Waals surface area contributed by atoms with Crippen molar-refractivity contribution in [3.8, 4) is 0 Å². The molecule has 0 N–H and O–H groups in total. The molecule has 28 heavy (non-hydrogen) atoms. The van der Waals surface area contributed by atoms with E-state index in [0.717, 1.165) is 65.1 Å². The molecule has 4 unspecified atom stereocenters. The normalized spacial score (nSPS) is 54.8. The van der Waals surface area contributed by atoms with E-state index >= 15 is 0 Å². The van der Waals surface area contributed by atoms with Crippen LogP contribution in [-0.4, -0.2) is 0 Å². The molecule has 0 heterocycles. The average molecular weight is 385 g/mol. The van der Waals surface area contributed by atoms with Crippen LogP contribution in [0.15, 0.2) is 0 Å². The summed E-state index contributed by atoms with van der Waals surface area (Å²) in [6, 6.07) is 0. The summed E-state index contributed by atoms with van der Waals surface area (Å²) < 4.78 is 0. The van der Waals surface area contributed by atoms with Gasteiger partial charge in [0.1, 0.15) is 0 Å². The molecule has 0 aromatic carbocycles. The lowest BCUT2D eigenvalue weighted by Gasteiger charge is -2.53. The maximum Gasteiger partial charge on any atom is -0.0381 e. The van der Waals surface area contributed by atoms with Gasteiger partial charge in [0, 0.05) is 0 Å². The smallest absolute Gasteiger partial charge is 0.0381 e. The Kier molecular flexibility index (Phi) is 5.88. The Morgan fingerprint density at radius 3 is 1.14 bits per heavy atom. The third-order valence-corrected chi connectivity index (χ3v) is 11.2. The molecule has 0 nitrogen and oxygen atoms in total. The molecule has 160 valence electrons. The maximum atomic E-state index is 2.51. The molecule has 0 heteroatoms. The highest BCUT2D eigenvalue weighted by atomic mass is 14.5. The fourth-order valence-corrected chi connectivity index (χ4v) is 9.47. The zero-order valence-electron chi connectivity index (χ0n) is 19.3. The van der Waals surface area contributed by atoms with Gasteiger partial charge >= 0.3 is 0 Å². The van der Waals surface area contributed by atoms with Crippen molar-refractivity contribution in [1.82, 2.24) is 0 Å². The molecule has 8 bridgehead atoms. The topological polar surface area (TPSA) is 0 Å². The molecule has 9 saturated carbocycles. The number of hydrogen-bond acceptors (Lipinski definition) is 0. The molecule has 9 fully saturated rings. The quantitative estimate of drug-likeness (QED) is 0.393. The molecule has 9 aliphatic carbocycles. The maximum absolute atomic E-state index is 2.51. The minimum atomic E-state index is 1.07. The van der Waals surface area contributed by atoms with Gasteiger partial charge in [0.25, 0.3) is 0 Å². The fourth-order valence-electron chi connectivity index (χ4n) is 9.47. The van der Waals surface area contributed by atoms with Crippen molar-refractivity contribution >= 4 is 0 Å². The number of rotatable bonds is 0. The molecule has 0 saturated heterocycles. The first-order valence-corrected chi connectivity index (χ1v) is 13.5. The highest BCUT2D eigenvalue weighted by Crippen LogP contribution is 2.56. The predicted molar refractivity (Wildman–Crippen MR) is 120 cm³/mol. The summed E-state index contributed by atoms with van der Waals surface area (Å²) in [5.41, 5.74) is 0. The highest BCUT2D eigenvalue weighted by molar-refractivity contribution is 4.96. The Hall–Kier alpha value is 0. The van der Waals surface area contributed by atoms with Crippen molar-refractivity contribution in [2.24, 2.45) is 65.1 Å². The second-order valence-electron chi connectivity index (χ2n) is 12.9. The third-order valence-electron chi connectivity index (χ3n) is 11.2. The minimum absolute atomic E-state index is 1.07. The molecule has 0 aliphatic heterocycles. The minimum Gasteiger partial charge on any atom is -0.0622 e. The second kappa shape index (κ2) is 8.26. The van der Waals surface area contributed by atoms with Crippen molar-refractivity contribution < 1.29 is 0 Å². The number of fused-ring (bicyclic) bond motifs is 5. The van der Waals surface area contributed by atoms with Gasteiger partial charge in [-0.25, -0.2) is 0 Å². The zero-order valence-corrected chi connectivity index (χ0v) is 19.3. The van der Waals surface area contributed by atoms with E-state index in [-0.39, 0.29) is 0 Å². The SMILES string of the molecule is CC1C2CC3CC(C2)CC1C3.CC1CC2CCC1C2.CC1CC2CCC1CC2. The summed E-state index contributed by atoms with van der Waals surface area (Å²) in [6.45, 7) is 7.37. The average Bonchev–Trinajstić information content (AvgIpc) is 3.29. The van der Waals surface area contributed by atoms with Crippen molar-refractivity contribution in [1.29, 1.82) is 0 Å². The van der Waals surface area contributed by atoms with Crippen LogP contribution in [0.5, 0.6) is 0 Å². The summed E-state index contributed by atoms with van der Waals surface area (Å²) in [4.78, 5) is 0. The molecule has 0 amide bonds. The lowest BCUT2D eigenvalue weighted by atomic mass is 9.52. The molecule has 0 aromatic heterocycles. The van der Waals surface area contributed by atoms with Crippen molar-refractivity contribution in [3.63, 3.8) is 0 Å². The molecular weight excluding hydrogens is 336 g/mol. The predicted octanol–water partition coefficient (Wildman–Crippen LogP) is 8.35. The Morgan fingerprint density at radius 1 is 0.357 bits per heavy atom. The zero-order chi connectivity index (χ0) is 19.3. The first-order valence-electron chi connectivity index (χ1n) is 13.5. The summed E-state index contributed by atoms with van der Waals surface area (Å²) in [7, 11) is 0. The van der Waals surface area contributed by atoms with Crippen LogP contribution in [0.3, 0.4) is 0 Å². The summed E-state index contributed by atoms with van der Waals surface area (Å²) in [6.07, 6.45) is 21.9. The van der Waals surface area contributed by atoms with Crippen molar-refractivity contribution in [2.45, 2.75) is 111 Å². The van der Waals surface area contributed by atoms with E-state index in [9.17, 15) is 0 Å². The fraction of sp³-hybridized carbons (Fsp3) is 1.00. The Morgan fingerprint density at radius 2 is 0.821 bits per heavy atom. The van der Waals surface area contributed by atoms with E-state index in [2.05, 4.69) is 20.8 Å². The van der Waals surface area contributed by atoms with Gasteiger partial charge in [-0.15, -0.1) is 0 Å². The van der Waals surface area contributed by atoms with E-state index in [1.807, 2.05) is 0 Å². The van der Waals surface area contributed by atoms with E-state index in [1.54, 1.807) is 89.9 Å². The second-order valence-corrected chi connectivity index (χ2v) is 12.9. The van der Waals surface area contributed by atoms with Gasteiger partial charge in [-0.2, -0.15) is 0 Å². The van der Waals surface area contributed by atoms with Gasteiger partial charge in [0.2, 0.25) is 0 Å². The summed E-state index contributed by atoms with van der Waals surface area (Å²) in [5.74, 6) is 12.4. The van der Waals surface area contributed by atoms with E-state index in [4.69, 9.17) is 0 Å². The molecule has 0 spiro atoms. The van der Waals surface area contributed by atoms with E-state index < -0.39 is 0 Å². The molecule has 0 aromatic rings. The van der Waals surface area contributed by atoms with Gasteiger partial charge in [0.15, 0.2) is 0 Å². The molecule has 9 rings (SSSR count). The number of hydrogen-bond donors (Lipinski definition) is 0. The molecular formula is C28H48. The van der Waals surface area contributed by atoms with Crippen molar-refractivity contribution in [2.75, 3.05) is 0 Å². The van der Waals surface area contributed by atoms with Gasteiger partial charge in [-0.1, -0.05) is 40.0 Å². The first-order chi connectivity index (χ1) is 13.5. The van der Waals surface area contributed by atoms with Gasteiger partial charge in [-0.05, 0) is 136 Å². The largest absolute Gasteiger partial charge is 0.0622 e. The van der Waals surface area contributed by atoms with Crippen molar-refractivity contribution in [3.05, 3.63) is 0 Å². The Balaban J connectivity index is 0.0000000929. The monoisotopic (exact) mass is 384 g/mol. The van der Waals surface area contributed by atoms with Crippen LogP contribution >= 0.6 is 0 Å². The van der Waals surface area contributed by atoms with Crippen LogP contribution in [0, 0.1) is 65.1 Å². The Bertz CT molecular complexity index is 482. The van der Waals surface area contributed by atoms with Gasteiger partial charge in [0.05, 0.1) is 0 Å². The van der Waals surface area contributed by atoms with Gasteiger partial charge < -0.3 is 0 Å². The van der Waals surface area contributed by atoms with Crippen LogP contribution in [0.2, 0.25) is 0 Å². The molecule has 0 radical (unpaired) electrons. The third kappa shape index (κ3) is 4.09. The molecule has 4 atom stereocenters. The molecule has 9 aliphatic rings. The van der Waals surface area contributed by atoms with Crippen LogP contribution < -0.4 is 0 Å². The summed E-state index contributed by atoms with van der Waals surface area (Å²) >= 11 is 0. The van der Waals surface area contributed by atoms with Gasteiger partial charge in [-0.3, -0.25) is 0 Å². The highest BCUT2D eigenvalue weighted by Gasteiger charge is 2.46. The first kappa shape index (κ1) is 19.9. The van der Waals surface area contributed by atoms with Crippen LogP contribution in [-0.2, 0) is 0 Å². The lowest BCUT2D eigenvalue weighted by molar-refractivity contribution is -0.0282. The van der Waals surface area contributed by atoms with E-state index in [1.165, 1.54) is 0 Å². The standard InChI is InChI=1S/C11H18.C9H16.C8H14/c1-7-10-3-8-2-9(5-10)6-11(7)4-8;1-7-6-8-2-4-9(7)5-3-8;1-6-4-7-2-3-8(6)5-7/h7-11H,2-6H2,1H3;7-9H,2-6H2,1H3;6-8H,2-5H2,1H3. The lowest BCUT2D eigenvalue weighted by Crippen LogP contribution is -2.43. The Labute approximate surface area is 176 Å². The summed E-state index contributed by atoms with van der Waals surface area (Å²) in [5, 5.41) is 0. The van der Waals surface area contributed by atoms with Crippen LogP contribution in [0.1, 0.15) is 111 Å². The van der Waals surface area contributed by atoms with Crippen LogP contribution in [0.25, 0.3) is 0 Å². The van der Waals surface area contributed by atoms with E-state index in [0.29, 0.717) is 0 Å².